The van der Waals surface area contributed by atoms with Crippen molar-refractivity contribution in [3.05, 3.63) is 12.2 Å². The number of ether oxygens (including phenoxy) is 4. The predicted octanol–water partition coefficient (Wildman–Crippen LogP) is 2.34. The first kappa shape index (κ1) is 18.9. The SMILES string of the molecule is C=C(CS)COCCOCCOCCOCCCC. The van der Waals surface area contributed by atoms with Crippen LogP contribution < -0.4 is 0 Å². The highest BCUT2D eigenvalue weighted by atomic mass is 32.1. The highest BCUT2D eigenvalue weighted by molar-refractivity contribution is 7.80. The molecule has 0 heterocycles. The second kappa shape index (κ2) is 16.0. The molecule has 0 rings (SSSR count). The van der Waals surface area contributed by atoms with E-state index in [0.717, 1.165) is 25.0 Å². The van der Waals surface area contributed by atoms with Crippen molar-refractivity contribution in [1.29, 1.82) is 0 Å². The predicted molar refractivity (Wildman–Crippen MR) is 81.2 cm³/mol. The molecule has 0 spiro atoms. The average molecular weight is 292 g/mol. The van der Waals surface area contributed by atoms with Gasteiger partial charge in [-0.3, -0.25) is 0 Å². The Morgan fingerprint density at radius 1 is 0.842 bits per heavy atom. The minimum atomic E-state index is 0.554. The smallest absolute Gasteiger partial charge is 0.0704 e. The lowest BCUT2D eigenvalue weighted by atomic mass is 10.4. The molecule has 0 aromatic heterocycles. The highest BCUT2D eigenvalue weighted by Gasteiger charge is 1.94. The molecular formula is C14H28O4S. The number of thiol groups is 1. The standard InChI is InChI=1S/C14H28O4S/c1-3-4-5-15-6-7-16-8-9-17-10-11-18-12-14(2)13-19/h19H,2-13H2,1H3. The Balaban J connectivity index is 2.97. The molecule has 0 aliphatic carbocycles. The molecule has 0 N–H and O–H groups in total. The van der Waals surface area contributed by atoms with Crippen LogP contribution in [-0.4, -0.2) is 58.6 Å². The zero-order valence-electron chi connectivity index (χ0n) is 12.1. The maximum absolute atomic E-state index is 5.37. The summed E-state index contributed by atoms with van der Waals surface area (Å²) in [5.41, 5.74) is 0.981. The van der Waals surface area contributed by atoms with E-state index in [2.05, 4.69) is 26.1 Å². The van der Waals surface area contributed by atoms with Crippen LogP contribution in [0.3, 0.4) is 0 Å². The summed E-state index contributed by atoms with van der Waals surface area (Å²) in [5.74, 6) is 0.662. The molecular weight excluding hydrogens is 264 g/mol. The molecule has 0 amide bonds. The van der Waals surface area contributed by atoms with E-state index in [4.69, 9.17) is 18.9 Å². The first-order chi connectivity index (χ1) is 9.31. The molecule has 114 valence electrons. The van der Waals surface area contributed by atoms with Gasteiger partial charge in [-0.1, -0.05) is 19.9 Å². The normalized spacial score (nSPS) is 10.8. The van der Waals surface area contributed by atoms with Gasteiger partial charge in [0.15, 0.2) is 0 Å². The summed E-state index contributed by atoms with van der Waals surface area (Å²) in [5, 5.41) is 0. The van der Waals surface area contributed by atoms with Crippen LogP contribution in [0.5, 0.6) is 0 Å². The Hall–Kier alpha value is -0.0700. The van der Waals surface area contributed by atoms with Gasteiger partial charge in [-0.2, -0.15) is 12.6 Å². The quantitative estimate of drug-likeness (QED) is 0.285. The third kappa shape index (κ3) is 15.9. The fourth-order valence-corrected chi connectivity index (χ4v) is 1.26. The van der Waals surface area contributed by atoms with Gasteiger partial charge in [0.25, 0.3) is 0 Å². The molecule has 0 bridgehead atoms. The van der Waals surface area contributed by atoms with E-state index in [1.165, 1.54) is 0 Å². The van der Waals surface area contributed by atoms with E-state index in [1.54, 1.807) is 0 Å². The molecule has 0 fully saturated rings. The second-order valence-electron chi connectivity index (χ2n) is 4.15. The molecule has 0 aromatic rings. The molecule has 5 heteroatoms. The third-order valence-electron chi connectivity index (χ3n) is 2.29. The van der Waals surface area contributed by atoms with E-state index in [0.29, 0.717) is 52.0 Å². The molecule has 0 aromatic carbocycles. The molecule has 0 unspecified atom stereocenters. The molecule has 0 atom stereocenters. The zero-order valence-corrected chi connectivity index (χ0v) is 13.0. The van der Waals surface area contributed by atoms with Crippen LogP contribution in [0.4, 0.5) is 0 Å². The molecule has 0 radical (unpaired) electrons. The number of unbranched alkanes of at least 4 members (excludes halogenated alkanes) is 1. The van der Waals surface area contributed by atoms with Gasteiger partial charge in [-0.15, -0.1) is 0 Å². The maximum Gasteiger partial charge on any atom is 0.0704 e. The summed E-state index contributed by atoms with van der Waals surface area (Å²) in [6.45, 7) is 11.0. The van der Waals surface area contributed by atoms with Crippen molar-refractivity contribution in [3.8, 4) is 0 Å². The van der Waals surface area contributed by atoms with E-state index in [-0.39, 0.29) is 0 Å². The van der Waals surface area contributed by atoms with E-state index < -0.39 is 0 Å². The van der Waals surface area contributed by atoms with E-state index in [1.807, 2.05) is 0 Å². The monoisotopic (exact) mass is 292 g/mol. The Bertz CT molecular complexity index is 200. The first-order valence-corrected chi connectivity index (χ1v) is 7.53. The molecule has 0 aliphatic rings. The zero-order chi connectivity index (χ0) is 14.2. The van der Waals surface area contributed by atoms with Crippen molar-refractivity contribution in [2.75, 3.05) is 58.6 Å². The lowest BCUT2D eigenvalue weighted by Crippen LogP contribution is -2.12. The Morgan fingerprint density at radius 3 is 1.79 bits per heavy atom. The van der Waals surface area contributed by atoms with Gasteiger partial charge in [0.2, 0.25) is 0 Å². The Morgan fingerprint density at radius 2 is 1.32 bits per heavy atom. The maximum atomic E-state index is 5.37. The van der Waals surface area contributed by atoms with Crippen LogP contribution >= 0.6 is 12.6 Å². The summed E-state index contributed by atoms with van der Waals surface area (Å²) in [6, 6.07) is 0. The lowest BCUT2D eigenvalue weighted by Gasteiger charge is -2.07. The molecule has 4 nitrogen and oxygen atoms in total. The van der Waals surface area contributed by atoms with Crippen molar-refractivity contribution < 1.29 is 18.9 Å². The van der Waals surface area contributed by atoms with Gasteiger partial charge in [0.05, 0.1) is 46.2 Å². The van der Waals surface area contributed by atoms with Crippen molar-refractivity contribution >= 4 is 12.6 Å². The summed E-state index contributed by atoms with van der Waals surface area (Å²) < 4.78 is 21.4. The fourth-order valence-electron chi connectivity index (χ4n) is 1.17. The van der Waals surface area contributed by atoms with Gasteiger partial charge < -0.3 is 18.9 Å². The topological polar surface area (TPSA) is 36.9 Å². The van der Waals surface area contributed by atoms with Crippen molar-refractivity contribution in [3.63, 3.8) is 0 Å². The largest absolute Gasteiger partial charge is 0.379 e. The number of rotatable bonds is 15. The Labute approximate surface area is 122 Å². The van der Waals surface area contributed by atoms with Crippen LogP contribution in [0.15, 0.2) is 12.2 Å². The second-order valence-corrected chi connectivity index (χ2v) is 4.47. The van der Waals surface area contributed by atoms with E-state index in [9.17, 15) is 0 Å². The van der Waals surface area contributed by atoms with Gasteiger partial charge in [-0.05, 0) is 12.0 Å². The third-order valence-corrected chi connectivity index (χ3v) is 2.74. The van der Waals surface area contributed by atoms with Crippen LogP contribution in [0.25, 0.3) is 0 Å². The number of hydrogen-bond donors (Lipinski definition) is 1. The van der Waals surface area contributed by atoms with Gasteiger partial charge in [0.1, 0.15) is 0 Å². The minimum Gasteiger partial charge on any atom is -0.379 e. The molecule has 0 aliphatic heterocycles. The summed E-state index contributed by atoms with van der Waals surface area (Å²) >= 11 is 4.10. The molecule has 0 saturated carbocycles. The van der Waals surface area contributed by atoms with Gasteiger partial charge in [0, 0.05) is 12.4 Å². The van der Waals surface area contributed by atoms with Crippen LogP contribution in [0.1, 0.15) is 19.8 Å². The minimum absolute atomic E-state index is 0.554. The van der Waals surface area contributed by atoms with Gasteiger partial charge in [-0.25, -0.2) is 0 Å². The summed E-state index contributed by atoms with van der Waals surface area (Å²) in [4.78, 5) is 0. The van der Waals surface area contributed by atoms with Crippen molar-refractivity contribution in [2.24, 2.45) is 0 Å². The van der Waals surface area contributed by atoms with Crippen LogP contribution in [0, 0.1) is 0 Å². The highest BCUT2D eigenvalue weighted by Crippen LogP contribution is 1.93. The molecule has 19 heavy (non-hydrogen) atoms. The van der Waals surface area contributed by atoms with Crippen LogP contribution in [0.2, 0.25) is 0 Å². The Kier molecular flexibility index (Phi) is 15.9. The average Bonchev–Trinajstić information content (AvgIpc) is 2.43. The van der Waals surface area contributed by atoms with Crippen molar-refractivity contribution in [2.45, 2.75) is 19.8 Å². The first-order valence-electron chi connectivity index (χ1n) is 6.89. The van der Waals surface area contributed by atoms with E-state index >= 15 is 0 Å². The summed E-state index contributed by atoms with van der Waals surface area (Å²) in [7, 11) is 0. The van der Waals surface area contributed by atoms with Crippen molar-refractivity contribution in [1.82, 2.24) is 0 Å². The number of hydrogen-bond acceptors (Lipinski definition) is 5. The lowest BCUT2D eigenvalue weighted by molar-refractivity contribution is 0.000178. The van der Waals surface area contributed by atoms with Gasteiger partial charge >= 0.3 is 0 Å². The molecule has 0 saturated heterocycles. The van der Waals surface area contributed by atoms with Crippen LogP contribution in [-0.2, 0) is 18.9 Å². The summed E-state index contributed by atoms with van der Waals surface area (Å²) in [6.07, 6.45) is 2.28. The fraction of sp³-hybridized carbons (Fsp3) is 0.857.